The summed E-state index contributed by atoms with van der Waals surface area (Å²) in [5.74, 6) is 1.42. The third-order valence-electron chi connectivity index (χ3n) is 4.11. The molecule has 5 heteroatoms. The average molecular weight is 286 g/mol. The van der Waals surface area contributed by atoms with Gasteiger partial charge < -0.3 is 15.1 Å². The van der Waals surface area contributed by atoms with Gasteiger partial charge in [-0.2, -0.15) is 0 Å². The van der Waals surface area contributed by atoms with E-state index in [2.05, 4.69) is 4.98 Å². The van der Waals surface area contributed by atoms with E-state index in [1.165, 1.54) is 4.90 Å². The van der Waals surface area contributed by atoms with Crippen LogP contribution < -0.4 is 10.6 Å². The number of nitrogens with two attached hydrogens (primary N) is 1. The van der Waals surface area contributed by atoms with Crippen LogP contribution in [0.2, 0.25) is 0 Å². The standard InChI is InChI=1S/C16H19N3O2/c17-16(20)13-6-8-19(9-7-13)11-15-18-10-14(21-15)12-4-2-1-3-5-12/h1-5,10,13H,6-9,11H2,(H2,17,20)/p+1. The van der Waals surface area contributed by atoms with E-state index in [9.17, 15) is 4.79 Å². The maximum Gasteiger partial charge on any atom is 0.250 e. The Hall–Kier alpha value is -2.14. The van der Waals surface area contributed by atoms with Gasteiger partial charge in [0.15, 0.2) is 12.3 Å². The van der Waals surface area contributed by atoms with Crippen molar-refractivity contribution in [1.82, 2.24) is 4.98 Å². The molecule has 2 aromatic rings. The number of aromatic nitrogens is 1. The summed E-state index contributed by atoms with van der Waals surface area (Å²) in [4.78, 5) is 16.9. The van der Waals surface area contributed by atoms with Gasteiger partial charge in [0.25, 0.3) is 5.89 Å². The fourth-order valence-electron chi connectivity index (χ4n) is 2.83. The Morgan fingerprint density at radius 3 is 2.67 bits per heavy atom. The summed E-state index contributed by atoms with van der Waals surface area (Å²) >= 11 is 0. The molecule has 3 N–H and O–H groups in total. The highest BCUT2D eigenvalue weighted by molar-refractivity contribution is 5.76. The van der Waals surface area contributed by atoms with E-state index in [0.717, 1.165) is 49.7 Å². The third kappa shape index (κ3) is 3.31. The number of nitrogens with one attached hydrogen (secondary N) is 1. The molecule has 0 radical (unpaired) electrons. The molecule has 5 nitrogen and oxygen atoms in total. The molecule has 1 aliphatic heterocycles. The van der Waals surface area contributed by atoms with Crippen molar-refractivity contribution in [2.45, 2.75) is 19.4 Å². The number of amides is 1. The van der Waals surface area contributed by atoms with E-state index in [4.69, 9.17) is 10.2 Å². The second-order valence-corrected chi connectivity index (χ2v) is 5.59. The van der Waals surface area contributed by atoms with Gasteiger partial charge >= 0.3 is 0 Å². The number of carbonyl (C=O) groups is 1. The molecule has 0 spiro atoms. The van der Waals surface area contributed by atoms with Gasteiger partial charge in [-0.15, -0.1) is 0 Å². The summed E-state index contributed by atoms with van der Waals surface area (Å²) in [5.41, 5.74) is 6.39. The van der Waals surface area contributed by atoms with Crippen LogP contribution in [0.1, 0.15) is 18.7 Å². The molecule has 0 saturated carbocycles. The number of hydrogen-bond donors (Lipinski definition) is 2. The number of likely N-dealkylation sites (tertiary alicyclic amines) is 1. The van der Waals surface area contributed by atoms with Crippen LogP contribution in [0.3, 0.4) is 0 Å². The topological polar surface area (TPSA) is 73.6 Å². The zero-order valence-electron chi connectivity index (χ0n) is 11.9. The molecule has 3 rings (SSSR count). The Balaban J connectivity index is 1.60. The van der Waals surface area contributed by atoms with Gasteiger partial charge in [-0.1, -0.05) is 30.3 Å². The number of nitrogens with zero attached hydrogens (tertiary/aromatic N) is 1. The summed E-state index contributed by atoms with van der Waals surface area (Å²) in [7, 11) is 0. The first-order valence-corrected chi connectivity index (χ1v) is 7.35. The van der Waals surface area contributed by atoms with Crippen LogP contribution in [0.25, 0.3) is 11.3 Å². The van der Waals surface area contributed by atoms with Crippen molar-refractivity contribution >= 4 is 5.91 Å². The Morgan fingerprint density at radius 1 is 1.29 bits per heavy atom. The van der Waals surface area contributed by atoms with E-state index in [1.807, 2.05) is 30.3 Å². The number of primary amides is 1. The monoisotopic (exact) mass is 286 g/mol. The average Bonchev–Trinajstić information content (AvgIpc) is 2.97. The van der Waals surface area contributed by atoms with Crippen LogP contribution in [0.15, 0.2) is 40.9 Å². The van der Waals surface area contributed by atoms with Crippen molar-refractivity contribution in [2.75, 3.05) is 13.1 Å². The van der Waals surface area contributed by atoms with Crippen molar-refractivity contribution < 1.29 is 14.1 Å². The molecular weight excluding hydrogens is 266 g/mol. The molecule has 1 aromatic heterocycles. The van der Waals surface area contributed by atoms with Gasteiger partial charge in [-0.25, -0.2) is 4.98 Å². The highest BCUT2D eigenvalue weighted by Gasteiger charge is 2.26. The second-order valence-electron chi connectivity index (χ2n) is 5.59. The maximum atomic E-state index is 11.2. The van der Waals surface area contributed by atoms with E-state index >= 15 is 0 Å². The summed E-state index contributed by atoms with van der Waals surface area (Å²) in [6.45, 7) is 2.64. The maximum absolute atomic E-state index is 11.2. The largest absolute Gasteiger partial charge is 0.435 e. The van der Waals surface area contributed by atoms with Crippen LogP contribution in [-0.2, 0) is 11.3 Å². The molecule has 1 aliphatic rings. The van der Waals surface area contributed by atoms with Crippen LogP contribution in [0.5, 0.6) is 0 Å². The van der Waals surface area contributed by atoms with E-state index in [1.54, 1.807) is 6.20 Å². The van der Waals surface area contributed by atoms with Crippen molar-refractivity contribution in [3.05, 3.63) is 42.4 Å². The van der Waals surface area contributed by atoms with Gasteiger partial charge in [-0.3, -0.25) is 4.79 Å². The zero-order chi connectivity index (χ0) is 14.7. The minimum atomic E-state index is -0.170. The fourth-order valence-corrected chi connectivity index (χ4v) is 2.83. The lowest BCUT2D eigenvalue weighted by Crippen LogP contribution is -3.11. The van der Waals surface area contributed by atoms with Crippen LogP contribution in [0.4, 0.5) is 0 Å². The zero-order valence-corrected chi connectivity index (χ0v) is 11.9. The molecule has 0 unspecified atom stereocenters. The molecule has 110 valence electrons. The van der Waals surface area contributed by atoms with Crippen molar-refractivity contribution in [3.63, 3.8) is 0 Å². The SMILES string of the molecule is NC(=O)C1CC[NH+](Cc2ncc(-c3ccccc3)o2)CC1. The summed E-state index contributed by atoms with van der Waals surface area (Å²) in [6.07, 6.45) is 3.49. The summed E-state index contributed by atoms with van der Waals surface area (Å²) < 4.78 is 5.82. The number of carbonyl (C=O) groups excluding carboxylic acids is 1. The molecule has 1 saturated heterocycles. The van der Waals surface area contributed by atoms with Crippen molar-refractivity contribution in [2.24, 2.45) is 11.7 Å². The quantitative estimate of drug-likeness (QED) is 0.865. The first-order valence-electron chi connectivity index (χ1n) is 7.35. The molecule has 21 heavy (non-hydrogen) atoms. The lowest BCUT2D eigenvalue weighted by molar-refractivity contribution is -0.920. The molecule has 1 amide bonds. The van der Waals surface area contributed by atoms with E-state index in [0.29, 0.717) is 0 Å². The van der Waals surface area contributed by atoms with Crippen LogP contribution in [0, 0.1) is 5.92 Å². The minimum Gasteiger partial charge on any atom is -0.435 e. The Kier molecular flexibility index (Phi) is 4.01. The predicted octanol–water partition coefficient (Wildman–Crippen LogP) is 0.622. The minimum absolute atomic E-state index is 0.0400. The summed E-state index contributed by atoms with van der Waals surface area (Å²) in [5, 5.41) is 0. The first-order chi connectivity index (χ1) is 10.2. The number of quaternary nitrogens is 1. The van der Waals surface area contributed by atoms with Gasteiger partial charge in [0.1, 0.15) is 0 Å². The van der Waals surface area contributed by atoms with Crippen LogP contribution in [-0.4, -0.2) is 24.0 Å². The lowest BCUT2D eigenvalue weighted by atomic mass is 9.96. The van der Waals surface area contributed by atoms with Crippen LogP contribution >= 0.6 is 0 Å². The number of oxazole rings is 1. The first kappa shape index (κ1) is 13.8. The predicted molar refractivity (Wildman–Crippen MR) is 78.3 cm³/mol. The number of rotatable bonds is 4. The lowest BCUT2D eigenvalue weighted by Gasteiger charge is -2.26. The molecule has 0 atom stereocenters. The smallest absolute Gasteiger partial charge is 0.250 e. The highest BCUT2D eigenvalue weighted by Crippen LogP contribution is 2.19. The van der Waals surface area contributed by atoms with Gasteiger partial charge in [0, 0.05) is 24.3 Å². The molecule has 1 fully saturated rings. The molecule has 2 heterocycles. The van der Waals surface area contributed by atoms with Crippen molar-refractivity contribution in [3.8, 4) is 11.3 Å². The normalized spacial score (nSPS) is 22.1. The molecule has 0 aliphatic carbocycles. The highest BCUT2D eigenvalue weighted by atomic mass is 16.4. The molecule has 1 aromatic carbocycles. The Labute approximate surface area is 123 Å². The fraction of sp³-hybridized carbons (Fsp3) is 0.375. The van der Waals surface area contributed by atoms with E-state index in [-0.39, 0.29) is 11.8 Å². The van der Waals surface area contributed by atoms with Gasteiger partial charge in [-0.05, 0) is 0 Å². The Bertz CT molecular complexity index is 601. The number of piperidine rings is 1. The number of hydrogen-bond acceptors (Lipinski definition) is 3. The van der Waals surface area contributed by atoms with Crippen molar-refractivity contribution in [1.29, 1.82) is 0 Å². The second kappa shape index (κ2) is 6.10. The number of benzene rings is 1. The van der Waals surface area contributed by atoms with Gasteiger partial charge in [0.2, 0.25) is 5.91 Å². The van der Waals surface area contributed by atoms with Gasteiger partial charge in [0.05, 0.1) is 19.3 Å². The molecule has 0 bridgehead atoms. The van der Waals surface area contributed by atoms with E-state index < -0.39 is 0 Å². The molecular formula is C16H20N3O2+. The summed E-state index contributed by atoms with van der Waals surface area (Å²) in [6, 6.07) is 9.97. The third-order valence-corrected chi connectivity index (χ3v) is 4.11. The Morgan fingerprint density at radius 2 is 2.00 bits per heavy atom.